The molecule has 0 radical (unpaired) electrons. The number of anilines is 1. The maximum atomic E-state index is 13.1. The zero-order chi connectivity index (χ0) is 18.8. The number of piperazine rings is 1. The molecule has 0 aromatic heterocycles. The first-order valence-corrected chi connectivity index (χ1v) is 9.72. The zero-order valence-corrected chi connectivity index (χ0v) is 15.8. The number of halogens is 1. The SMILES string of the molecule is CC(C(=O)N1CCN(c2ccc(F)cc2)CC1)N1CCc2ccccc2C1. The molecule has 4 rings (SSSR count). The molecule has 1 amide bonds. The van der Waals surface area contributed by atoms with Crippen molar-refractivity contribution in [3.8, 4) is 0 Å². The molecule has 0 aliphatic carbocycles. The summed E-state index contributed by atoms with van der Waals surface area (Å²) in [6.45, 7) is 6.80. The first-order chi connectivity index (χ1) is 13.1. The molecule has 0 spiro atoms. The summed E-state index contributed by atoms with van der Waals surface area (Å²) in [7, 11) is 0. The van der Waals surface area contributed by atoms with E-state index < -0.39 is 0 Å². The Morgan fingerprint density at radius 2 is 1.59 bits per heavy atom. The van der Waals surface area contributed by atoms with Crippen molar-refractivity contribution in [1.29, 1.82) is 0 Å². The van der Waals surface area contributed by atoms with Gasteiger partial charge in [-0.2, -0.15) is 0 Å². The Kier molecular flexibility index (Phi) is 5.12. The molecule has 1 atom stereocenters. The van der Waals surface area contributed by atoms with E-state index >= 15 is 0 Å². The van der Waals surface area contributed by atoms with Crippen LogP contribution in [0.5, 0.6) is 0 Å². The highest BCUT2D eigenvalue weighted by Crippen LogP contribution is 2.22. The number of amides is 1. The molecule has 5 heteroatoms. The minimum atomic E-state index is -0.218. The van der Waals surface area contributed by atoms with Crippen molar-refractivity contribution in [2.45, 2.75) is 25.9 Å². The molecule has 1 fully saturated rings. The van der Waals surface area contributed by atoms with Gasteiger partial charge in [0, 0.05) is 45.0 Å². The fourth-order valence-electron chi connectivity index (χ4n) is 4.11. The van der Waals surface area contributed by atoms with Gasteiger partial charge in [-0.15, -0.1) is 0 Å². The van der Waals surface area contributed by atoms with Gasteiger partial charge in [-0.1, -0.05) is 24.3 Å². The van der Waals surface area contributed by atoms with E-state index in [0.29, 0.717) is 13.1 Å². The van der Waals surface area contributed by atoms with Gasteiger partial charge in [0.25, 0.3) is 0 Å². The second-order valence-electron chi connectivity index (χ2n) is 7.45. The molecule has 1 unspecified atom stereocenters. The molecule has 0 bridgehead atoms. The quantitative estimate of drug-likeness (QED) is 0.835. The molecule has 142 valence electrons. The van der Waals surface area contributed by atoms with E-state index in [1.54, 1.807) is 12.1 Å². The van der Waals surface area contributed by atoms with Gasteiger partial charge in [-0.25, -0.2) is 4.39 Å². The van der Waals surface area contributed by atoms with E-state index in [1.165, 1.54) is 23.3 Å². The monoisotopic (exact) mass is 367 g/mol. The summed E-state index contributed by atoms with van der Waals surface area (Å²) in [5, 5.41) is 0. The number of carbonyl (C=O) groups excluding carboxylic acids is 1. The predicted octanol–water partition coefficient (Wildman–Crippen LogP) is 2.92. The third kappa shape index (κ3) is 3.83. The van der Waals surface area contributed by atoms with E-state index in [4.69, 9.17) is 0 Å². The second-order valence-corrected chi connectivity index (χ2v) is 7.45. The smallest absolute Gasteiger partial charge is 0.239 e. The molecule has 2 aliphatic heterocycles. The van der Waals surface area contributed by atoms with Crippen LogP contribution < -0.4 is 4.90 Å². The van der Waals surface area contributed by atoms with Gasteiger partial charge in [0.2, 0.25) is 5.91 Å². The summed E-state index contributed by atoms with van der Waals surface area (Å²) in [4.78, 5) is 19.5. The van der Waals surface area contributed by atoms with Gasteiger partial charge in [0.05, 0.1) is 6.04 Å². The van der Waals surface area contributed by atoms with Gasteiger partial charge in [0.15, 0.2) is 0 Å². The highest BCUT2D eigenvalue weighted by atomic mass is 19.1. The van der Waals surface area contributed by atoms with Crippen molar-refractivity contribution in [2.24, 2.45) is 0 Å². The van der Waals surface area contributed by atoms with Gasteiger partial charge < -0.3 is 9.80 Å². The summed E-state index contributed by atoms with van der Waals surface area (Å²) in [6, 6.07) is 15.0. The van der Waals surface area contributed by atoms with Crippen molar-refractivity contribution in [3.05, 3.63) is 65.5 Å². The summed E-state index contributed by atoms with van der Waals surface area (Å²) >= 11 is 0. The highest BCUT2D eigenvalue weighted by Gasteiger charge is 2.30. The van der Waals surface area contributed by atoms with Crippen LogP contribution in [0.25, 0.3) is 0 Å². The van der Waals surface area contributed by atoms with E-state index in [0.717, 1.165) is 38.3 Å². The van der Waals surface area contributed by atoms with Crippen LogP contribution in [0.3, 0.4) is 0 Å². The maximum Gasteiger partial charge on any atom is 0.239 e. The Morgan fingerprint density at radius 3 is 2.30 bits per heavy atom. The lowest BCUT2D eigenvalue weighted by Gasteiger charge is -2.40. The molecule has 1 saturated heterocycles. The predicted molar refractivity (Wildman–Crippen MR) is 105 cm³/mol. The van der Waals surface area contributed by atoms with E-state index in [-0.39, 0.29) is 17.8 Å². The van der Waals surface area contributed by atoms with Gasteiger partial charge in [0.1, 0.15) is 5.82 Å². The van der Waals surface area contributed by atoms with Crippen molar-refractivity contribution in [3.63, 3.8) is 0 Å². The van der Waals surface area contributed by atoms with Crippen LogP contribution in [0.4, 0.5) is 10.1 Å². The molecule has 0 saturated carbocycles. The second kappa shape index (κ2) is 7.69. The standard InChI is InChI=1S/C22H26FN3O/c1-17(26-11-10-18-4-2-3-5-19(18)16-26)22(27)25-14-12-24(13-15-25)21-8-6-20(23)7-9-21/h2-9,17H,10-16H2,1H3. The number of hydrogen-bond donors (Lipinski definition) is 0. The Morgan fingerprint density at radius 1 is 0.926 bits per heavy atom. The Bertz CT molecular complexity index is 799. The molecule has 27 heavy (non-hydrogen) atoms. The Labute approximate surface area is 160 Å². The largest absolute Gasteiger partial charge is 0.368 e. The Hall–Kier alpha value is -2.40. The van der Waals surface area contributed by atoms with Crippen LogP contribution in [-0.2, 0) is 17.8 Å². The summed E-state index contributed by atoms with van der Waals surface area (Å²) in [5.74, 6) is -0.00219. The number of hydrogen-bond acceptors (Lipinski definition) is 3. The zero-order valence-electron chi connectivity index (χ0n) is 15.8. The topological polar surface area (TPSA) is 26.8 Å². The summed E-state index contributed by atoms with van der Waals surface area (Å²) < 4.78 is 13.1. The third-order valence-corrected chi connectivity index (χ3v) is 5.85. The third-order valence-electron chi connectivity index (χ3n) is 5.85. The van der Waals surface area contributed by atoms with Gasteiger partial charge >= 0.3 is 0 Å². The lowest BCUT2D eigenvalue weighted by molar-refractivity contribution is -0.137. The van der Waals surface area contributed by atoms with Crippen LogP contribution in [0.2, 0.25) is 0 Å². The van der Waals surface area contributed by atoms with Crippen LogP contribution in [0.15, 0.2) is 48.5 Å². The normalized spacial score (nSPS) is 18.9. The molecule has 4 nitrogen and oxygen atoms in total. The minimum absolute atomic E-state index is 0.101. The molecule has 2 aromatic carbocycles. The first-order valence-electron chi connectivity index (χ1n) is 9.72. The molecule has 2 aromatic rings. The summed E-state index contributed by atoms with van der Waals surface area (Å²) in [5.41, 5.74) is 3.76. The average molecular weight is 367 g/mol. The first kappa shape index (κ1) is 18.0. The van der Waals surface area contributed by atoms with Crippen molar-refractivity contribution < 1.29 is 9.18 Å². The lowest BCUT2D eigenvalue weighted by atomic mass is 9.98. The van der Waals surface area contributed by atoms with E-state index in [1.807, 2.05) is 11.8 Å². The molecule has 2 heterocycles. The lowest BCUT2D eigenvalue weighted by Crippen LogP contribution is -2.54. The molecule has 2 aliphatic rings. The average Bonchev–Trinajstić information content (AvgIpc) is 2.73. The van der Waals surface area contributed by atoms with Crippen LogP contribution in [0, 0.1) is 5.82 Å². The number of rotatable bonds is 3. The fraction of sp³-hybridized carbons (Fsp3) is 0.409. The van der Waals surface area contributed by atoms with E-state index in [9.17, 15) is 9.18 Å². The molecule has 0 N–H and O–H groups in total. The molecular formula is C22H26FN3O. The highest BCUT2D eigenvalue weighted by molar-refractivity contribution is 5.81. The van der Waals surface area contributed by atoms with Crippen molar-refractivity contribution in [1.82, 2.24) is 9.80 Å². The minimum Gasteiger partial charge on any atom is -0.368 e. The number of fused-ring (bicyclic) bond motifs is 1. The van der Waals surface area contributed by atoms with Crippen LogP contribution in [-0.4, -0.2) is 54.5 Å². The number of carbonyl (C=O) groups is 1. The van der Waals surface area contributed by atoms with Crippen LogP contribution in [0.1, 0.15) is 18.1 Å². The number of nitrogens with zero attached hydrogens (tertiary/aromatic N) is 3. The van der Waals surface area contributed by atoms with Gasteiger partial charge in [-0.05, 0) is 48.7 Å². The van der Waals surface area contributed by atoms with Crippen molar-refractivity contribution in [2.75, 3.05) is 37.6 Å². The summed E-state index contributed by atoms with van der Waals surface area (Å²) in [6.07, 6.45) is 1.01. The maximum absolute atomic E-state index is 13.1. The van der Waals surface area contributed by atoms with Crippen LogP contribution >= 0.6 is 0 Å². The Balaban J connectivity index is 1.34. The van der Waals surface area contributed by atoms with Crippen molar-refractivity contribution >= 4 is 11.6 Å². The fourth-order valence-corrected chi connectivity index (χ4v) is 4.11. The molecular weight excluding hydrogens is 341 g/mol. The van der Waals surface area contributed by atoms with E-state index in [2.05, 4.69) is 34.1 Å². The van der Waals surface area contributed by atoms with Gasteiger partial charge in [-0.3, -0.25) is 9.69 Å². The number of benzene rings is 2.